The molecule has 2 aromatic rings. The van der Waals surface area contributed by atoms with E-state index in [1.807, 2.05) is 11.0 Å². The zero-order valence-corrected chi connectivity index (χ0v) is 22.6. The minimum absolute atomic E-state index is 0.0626. The van der Waals surface area contributed by atoms with Gasteiger partial charge in [-0.25, -0.2) is 4.39 Å². The zero-order chi connectivity index (χ0) is 29.0. The lowest BCUT2D eigenvalue weighted by molar-refractivity contribution is -0.178. The van der Waals surface area contributed by atoms with Crippen molar-refractivity contribution < 1.29 is 33.0 Å². The highest BCUT2D eigenvalue weighted by Gasteiger charge is 2.43. The number of anilines is 1. The summed E-state index contributed by atoms with van der Waals surface area (Å²) in [5.74, 6) is -3.43. The molecule has 0 spiro atoms. The third-order valence-corrected chi connectivity index (χ3v) is 7.12. The second-order valence-electron chi connectivity index (χ2n) is 9.94. The molecular weight excluding hydrogens is 523 g/mol. The lowest BCUT2D eigenvalue weighted by Gasteiger charge is -2.34. The van der Waals surface area contributed by atoms with Gasteiger partial charge in [0.05, 0.1) is 29.7 Å². The molecule has 1 N–H and O–H groups in total. The van der Waals surface area contributed by atoms with Crippen molar-refractivity contribution in [3.05, 3.63) is 47.0 Å². The number of piperidine rings is 1. The third-order valence-electron chi connectivity index (χ3n) is 7.12. The first-order valence-corrected chi connectivity index (χ1v) is 12.9. The van der Waals surface area contributed by atoms with Crippen molar-refractivity contribution in [3.8, 4) is 6.07 Å². The van der Waals surface area contributed by atoms with E-state index in [0.717, 1.165) is 25.1 Å². The molecule has 1 aromatic heterocycles. The van der Waals surface area contributed by atoms with Crippen LogP contribution in [0.25, 0.3) is 0 Å². The maximum atomic E-state index is 13.5. The van der Waals surface area contributed by atoms with Crippen molar-refractivity contribution in [2.24, 2.45) is 13.0 Å². The van der Waals surface area contributed by atoms with Crippen molar-refractivity contribution in [3.63, 3.8) is 0 Å². The molecule has 0 aliphatic carbocycles. The number of amides is 2. The number of esters is 2. The van der Waals surface area contributed by atoms with Crippen LogP contribution in [0.1, 0.15) is 43.5 Å². The summed E-state index contributed by atoms with van der Waals surface area (Å²) in [7, 11) is 1.75. The number of carbonyl (C=O) groups excluding carboxylic acids is 4. The van der Waals surface area contributed by atoms with E-state index in [4.69, 9.17) is 9.47 Å². The van der Waals surface area contributed by atoms with Gasteiger partial charge in [-0.2, -0.15) is 10.4 Å². The van der Waals surface area contributed by atoms with Crippen LogP contribution in [0.3, 0.4) is 0 Å². The average Bonchev–Trinajstić information content (AvgIpc) is 3.50. The van der Waals surface area contributed by atoms with Crippen LogP contribution in [0.4, 0.5) is 10.1 Å². The monoisotopic (exact) mass is 554 g/mol. The van der Waals surface area contributed by atoms with Crippen molar-refractivity contribution in [1.29, 1.82) is 5.26 Å². The summed E-state index contributed by atoms with van der Waals surface area (Å²) in [5, 5.41) is 16.3. The molecule has 0 bridgehead atoms. The Morgan fingerprint density at radius 3 is 2.42 bits per heavy atom. The predicted molar refractivity (Wildman–Crippen MR) is 138 cm³/mol. The highest BCUT2D eigenvalue weighted by atomic mass is 19.1. The number of carbonyl (C=O) groups is 4. The molecule has 40 heavy (non-hydrogen) atoms. The molecule has 0 saturated carbocycles. The summed E-state index contributed by atoms with van der Waals surface area (Å²) in [5.41, 5.74) is 2.57. The van der Waals surface area contributed by atoms with E-state index in [2.05, 4.69) is 10.4 Å². The number of nitriles is 1. The van der Waals surface area contributed by atoms with E-state index in [-0.39, 0.29) is 31.1 Å². The normalized spacial score (nSPS) is 16.5. The first-order valence-electron chi connectivity index (χ1n) is 12.9. The summed E-state index contributed by atoms with van der Waals surface area (Å²) in [6.45, 7) is 4.05. The molecule has 212 valence electrons. The second-order valence-corrected chi connectivity index (χ2v) is 9.94. The van der Waals surface area contributed by atoms with Crippen LogP contribution in [0, 0.1) is 23.1 Å². The molecule has 2 aliphatic heterocycles. The molecule has 2 atom stereocenters. The van der Waals surface area contributed by atoms with E-state index < -0.39 is 41.8 Å². The number of ether oxygens (including phenoxy) is 2. The van der Waals surface area contributed by atoms with Gasteiger partial charge in [-0.15, -0.1) is 0 Å². The third kappa shape index (κ3) is 6.39. The van der Waals surface area contributed by atoms with Crippen LogP contribution in [-0.4, -0.2) is 70.3 Å². The van der Waals surface area contributed by atoms with Crippen LogP contribution in [0.2, 0.25) is 0 Å². The summed E-state index contributed by atoms with van der Waals surface area (Å²) in [4.78, 5) is 53.9. The van der Waals surface area contributed by atoms with Crippen molar-refractivity contribution in [2.75, 3.05) is 24.5 Å². The SMILES string of the molecule is CC(=O)O[C@@H](C(=O)NCC1CCN(c2ccc(F)cc2C#N)CC1)[C@@H](OC(C)=O)C(=O)N1Cc2cnn(C)c2C1. The number of aryl methyl sites for hydroxylation is 1. The van der Waals surface area contributed by atoms with Crippen LogP contribution in [-0.2, 0) is 48.8 Å². The largest absolute Gasteiger partial charge is 0.448 e. The fraction of sp³-hybridized carbons (Fsp3) is 0.481. The Balaban J connectivity index is 1.40. The minimum Gasteiger partial charge on any atom is -0.448 e. The minimum atomic E-state index is -1.67. The molecule has 0 radical (unpaired) electrons. The molecule has 4 rings (SSSR count). The summed E-state index contributed by atoms with van der Waals surface area (Å²) in [6, 6.07) is 6.13. The first-order chi connectivity index (χ1) is 19.1. The number of aromatic nitrogens is 2. The first kappa shape index (κ1) is 28.5. The fourth-order valence-corrected chi connectivity index (χ4v) is 5.07. The Bertz CT molecular complexity index is 1350. The fourth-order valence-electron chi connectivity index (χ4n) is 5.07. The van der Waals surface area contributed by atoms with Gasteiger partial charge in [-0.1, -0.05) is 0 Å². The van der Waals surface area contributed by atoms with Gasteiger partial charge >= 0.3 is 11.9 Å². The van der Waals surface area contributed by atoms with Crippen LogP contribution < -0.4 is 10.2 Å². The van der Waals surface area contributed by atoms with Gasteiger partial charge in [-0.3, -0.25) is 23.9 Å². The highest BCUT2D eigenvalue weighted by Crippen LogP contribution is 2.27. The number of benzene rings is 1. The number of halogens is 1. The lowest BCUT2D eigenvalue weighted by Crippen LogP contribution is -2.54. The molecule has 1 fully saturated rings. The second kappa shape index (κ2) is 12.1. The maximum Gasteiger partial charge on any atom is 0.303 e. The van der Waals surface area contributed by atoms with Crippen LogP contribution >= 0.6 is 0 Å². The standard InChI is InChI=1S/C27H31FN6O6/c1-16(35)39-24(25(40-17(2)36)27(38)34-14-20-13-31-32(3)23(20)15-34)26(37)30-12-18-6-8-33(9-7-18)22-5-4-21(28)10-19(22)11-29/h4-5,10,13,18,24-25H,6-9,12,14-15H2,1-3H3,(H,30,37)/t24-,25-/m1/s1. The number of rotatable bonds is 8. The van der Waals surface area contributed by atoms with Crippen LogP contribution in [0.15, 0.2) is 24.4 Å². The Hall–Kier alpha value is -4.47. The van der Waals surface area contributed by atoms with E-state index in [1.54, 1.807) is 24.0 Å². The van der Waals surface area contributed by atoms with Gasteiger partial charge in [0.25, 0.3) is 11.8 Å². The van der Waals surface area contributed by atoms with Gasteiger partial charge in [0, 0.05) is 52.6 Å². The summed E-state index contributed by atoms with van der Waals surface area (Å²) < 4.78 is 25.6. The average molecular weight is 555 g/mol. The zero-order valence-electron chi connectivity index (χ0n) is 22.6. The van der Waals surface area contributed by atoms with Gasteiger partial charge in [0.2, 0.25) is 12.2 Å². The lowest BCUT2D eigenvalue weighted by atomic mass is 9.95. The number of fused-ring (bicyclic) bond motifs is 1. The molecule has 3 heterocycles. The molecule has 0 unspecified atom stereocenters. The molecule has 2 amide bonds. The van der Waals surface area contributed by atoms with E-state index in [0.29, 0.717) is 31.6 Å². The smallest absolute Gasteiger partial charge is 0.303 e. The molecule has 13 heteroatoms. The van der Waals surface area contributed by atoms with Gasteiger partial charge in [0.15, 0.2) is 0 Å². The quantitative estimate of drug-likeness (QED) is 0.475. The van der Waals surface area contributed by atoms with E-state index in [1.165, 1.54) is 17.0 Å². The van der Waals surface area contributed by atoms with Gasteiger partial charge < -0.3 is 24.6 Å². The Kier molecular flexibility index (Phi) is 8.67. The van der Waals surface area contributed by atoms with Gasteiger partial charge in [-0.05, 0) is 37.0 Å². The van der Waals surface area contributed by atoms with Crippen LogP contribution in [0.5, 0.6) is 0 Å². The summed E-state index contributed by atoms with van der Waals surface area (Å²) in [6.07, 6.45) is -0.343. The maximum absolute atomic E-state index is 13.5. The predicted octanol–water partition coefficient (Wildman–Crippen LogP) is 1.17. The van der Waals surface area contributed by atoms with Crippen molar-refractivity contribution in [2.45, 2.75) is 52.0 Å². The molecule has 12 nitrogen and oxygen atoms in total. The molecule has 2 aliphatic rings. The highest BCUT2D eigenvalue weighted by molar-refractivity contribution is 5.93. The Morgan fingerprint density at radius 1 is 1.12 bits per heavy atom. The Labute approximate surface area is 230 Å². The number of hydrogen-bond acceptors (Lipinski definition) is 9. The van der Waals surface area contributed by atoms with Crippen molar-refractivity contribution >= 4 is 29.4 Å². The molecule has 1 saturated heterocycles. The number of hydrogen-bond donors (Lipinski definition) is 1. The molecule has 1 aromatic carbocycles. The van der Waals surface area contributed by atoms with Gasteiger partial charge in [0.1, 0.15) is 11.9 Å². The van der Waals surface area contributed by atoms with E-state index >= 15 is 0 Å². The topological polar surface area (TPSA) is 147 Å². The number of nitrogens with one attached hydrogen (secondary N) is 1. The molecular formula is C27H31FN6O6. The number of nitrogens with zero attached hydrogens (tertiary/aromatic N) is 5. The Morgan fingerprint density at radius 2 is 1.80 bits per heavy atom. The van der Waals surface area contributed by atoms with E-state index in [9.17, 15) is 28.8 Å². The van der Waals surface area contributed by atoms with Crippen molar-refractivity contribution in [1.82, 2.24) is 20.0 Å². The summed E-state index contributed by atoms with van der Waals surface area (Å²) >= 11 is 0.